The van der Waals surface area contributed by atoms with E-state index in [2.05, 4.69) is 46.8 Å². The summed E-state index contributed by atoms with van der Waals surface area (Å²) in [6.07, 6.45) is 11.1. The van der Waals surface area contributed by atoms with Crippen LogP contribution >= 0.6 is 0 Å². The zero-order chi connectivity index (χ0) is 10.5. The fourth-order valence-corrected chi connectivity index (χ4v) is 0.951. The van der Waals surface area contributed by atoms with Crippen molar-refractivity contribution >= 4 is 0 Å². The second-order valence-electron chi connectivity index (χ2n) is 3.65. The molecule has 0 bridgehead atoms. The van der Waals surface area contributed by atoms with Crippen LogP contribution in [0.4, 0.5) is 0 Å². The van der Waals surface area contributed by atoms with Gasteiger partial charge in [-0.15, -0.1) is 0 Å². The van der Waals surface area contributed by atoms with E-state index in [0.717, 1.165) is 5.92 Å². The molecule has 0 amide bonds. The highest BCUT2D eigenvalue weighted by atomic mass is 14.0. The molecule has 0 heterocycles. The van der Waals surface area contributed by atoms with Crippen LogP contribution in [0.1, 0.15) is 66.7 Å². The Morgan fingerprint density at radius 1 is 1.00 bits per heavy atom. The molecule has 0 aliphatic rings. The van der Waals surface area contributed by atoms with Crippen LogP contribution in [0.3, 0.4) is 0 Å². The van der Waals surface area contributed by atoms with Crippen LogP contribution in [0.15, 0.2) is 12.2 Å². The molecule has 0 aromatic carbocycles. The lowest BCUT2D eigenvalue weighted by Gasteiger charge is -2.02. The van der Waals surface area contributed by atoms with Gasteiger partial charge in [0.1, 0.15) is 0 Å². The molecule has 0 rings (SSSR count). The van der Waals surface area contributed by atoms with Gasteiger partial charge in [0.25, 0.3) is 0 Å². The minimum Gasteiger partial charge on any atom is -0.0914 e. The van der Waals surface area contributed by atoms with E-state index >= 15 is 0 Å². The fourth-order valence-electron chi connectivity index (χ4n) is 0.951. The second kappa shape index (κ2) is 14.3. The van der Waals surface area contributed by atoms with E-state index in [1.54, 1.807) is 0 Å². The Labute approximate surface area is 85.4 Å². The maximum absolute atomic E-state index is 2.27. The molecular weight excluding hydrogens is 156 g/mol. The Morgan fingerprint density at radius 2 is 1.54 bits per heavy atom. The van der Waals surface area contributed by atoms with Gasteiger partial charge in [-0.25, -0.2) is 0 Å². The summed E-state index contributed by atoms with van der Waals surface area (Å²) in [5, 5.41) is 0. The Hall–Kier alpha value is -0.260. The molecule has 0 nitrogen and oxygen atoms in total. The number of hydrogen-bond acceptors (Lipinski definition) is 0. The summed E-state index contributed by atoms with van der Waals surface area (Å²) >= 11 is 0. The van der Waals surface area contributed by atoms with Crippen LogP contribution in [-0.2, 0) is 0 Å². The topological polar surface area (TPSA) is 0 Å². The highest BCUT2D eigenvalue weighted by molar-refractivity contribution is 4.82. The van der Waals surface area contributed by atoms with Crippen molar-refractivity contribution in [2.24, 2.45) is 5.92 Å². The molecule has 0 aromatic heterocycles. The third-order valence-corrected chi connectivity index (χ3v) is 2.03. The fraction of sp³-hybridized carbons (Fsp3) is 0.846. The third-order valence-electron chi connectivity index (χ3n) is 2.03. The standard InChI is InChI=1S/C9H18.C4H10/c1-4-6-8-9(3)7-5-2;1-3-4-2/h5,7,9H,4,6,8H2,1-3H3;3-4H2,1-2H3/b7-5-;. The molecule has 0 aliphatic carbocycles. The summed E-state index contributed by atoms with van der Waals surface area (Å²) in [5.74, 6) is 0.787. The predicted octanol–water partition coefficient (Wildman–Crippen LogP) is 5.20. The second-order valence-corrected chi connectivity index (χ2v) is 3.65. The van der Waals surface area contributed by atoms with E-state index in [1.165, 1.54) is 32.1 Å². The van der Waals surface area contributed by atoms with Crippen molar-refractivity contribution in [1.29, 1.82) is 0 Å². The molecule has 1 atom stereocenters. The normalized spacial score (nSPS) is 12.4. The smallest absolute Gasteiger partial charge is 0.0262 e. The Bertz CT molecular complexity index is 90.2. The Morgan fingerprint density at radius 3 is 1.85 bits per heavy atom. The number of rotatable bonds is 5. The lowest BCUT2D eigenvalue weighted by atomic mass is 10.0. The summed E-state index contributed by atoms with van der Waals surface area (Å²) in [6, 6.07) is 0. The van der Waals surface area contributed by atoms with Crippen molar-refractivity contribution in [3.8, 4) is 0 Å². The van der Waals surface area contributed by atoms with Crippen molar-refractivity contribution in [1.82, 2.24) is 0 Å². The molecule has 0 saturated heterocycles. The SMILES string of the molecule is C/C=C\C(C)CCCC.CCCC. The highest BCUT2D eigenvalue weighted by Crippen LogP contribution is 2.07. The van der Waals surface area contributed by atoms with Gasteiger partial charge in [-0.1, -0.05) is 65.5 Å². The molecule has 0 aliphatic heterocycles. The van der Waals surface area contributed by atoms with E-state index in [4.69, 9.17) is 0 Å². The van der Waals surface area contributed by atoms with E-state index in [0.29, 0.717) is 0 Å². The Kier molecular flexibility index (Phi) is 16.7. The third kappa shape index (κ3) is 18.6. The minimum absolute atomic E-state index is 0.787. The molecule has 13 heavy (non-hydrogen) atoms. The largest absolute Gasteiger partial charge is 0.0914 e. The van der Waals surface area contributed by atoms with Gasteiger partial charge >= 0.3 is 0 Å². The average molecular weight is 184 g/mol. The van der Waals surface area contributed by atoms with E-state index < -0.39 is 0 Å². The highest BCUT2D eigenvalue weighted by Gasteiger charge is 1.92. The van der Waals surface area contributed by atoms with Crippen LogP contribution in [0.25, 0.3) is 0 Å². The van der Waals surface area contributed by atoms with E-state index in [-0.39, 0.29) is 0 Å². The molecule has 0 aromatic rings. The first-order valence-electron chi connectivity index (χ1n) is 5.85. The maximum Gasteiger partial charge on any atom is -0.0262 e. The van der Waals surface area contributed by atoms with E-state index in [1.807, 2.05) is 0 Å². The van der Waals surface area contributed by atoms with Gasteiger partial charge in [0.2, 0.25) is 0 Å². The van der Waals surface area contributed by atoms with Gasteiger partial charge < -0.3 is 0 Å². The monoisotopic (exact) mass is 184 g/mol. The average Bonchev–Trinajstić information content (AvgIpc) is 2.16. The van der Waals surface area contributed by atoms with Gasteiger partial charge in [-0.3, -0.25) is 0 Å². The molecule has 1 unspecified atom stereocenters. The van der Waals surface area contributed by atoms with Gasteiger partial charge in [0.05, 0.1) is 0 Å². The van der Waals surface area contributed by atoms with Crippen molar-refractivity contribution in [3.05, 3.63) is 12.2 Å². The summed E-state index contributed by atoms with van der Waals surface area (Å²) in [5.41, 5.74) is 0. The first kappa shape index (κ1) is 15.2. The zero-order valence-corrected chi connectivity index (χ0v) is 10.3. The summed E-state index contributed by atoms with van der Waals surface area (Å²) < 4.78 is 0. The summed E-state index contributed by atoms with van der Waals surface area (Å²) in [7, 11) is 0. The van der Waals surface area contributed by atoms with Crippen molar-refractivity contribution in [2.75, 3.05) is 0 Å². The zero-order valence-electron chi connectivity index (χ0n) is 10.3. The molecular formula is C13H28. The quantitative estimate of drug-likeness (QED) is 0.515. The van der Waals surface area contributed by atoms with Gasteiger partial charge in [0, 0.05) is 0 Å². The Balaban J connectivity index is 0. The van der Waals surface area contributed by atoms with Crippen molar-refractivity contribution < 1.29 is 0 Å². The summed E-state index contributed by atoms with van der Waals surface area (Å²) in [6.45, 7) is 11.0. The number of allylic oxidation sites excluding steroid dienone is 2. The first-order chi connectivity index (χ1) is 6.22. The number of unbranched alkanes of at least 4 members (excludes halogenated alkanes) is 2. The van der Waals surface area contributed by atoms with Gasteiger partial charge in [0.15, 0.2) is 0 Å². The van der Waals surface area contributed by atoms with Gasteiger partial charge in [-0.05, 0) is 19.3 Å². The molecule has 0 saturated carbocycles. The lowest BCUT2D eigenvalue weighted by Crippen LogP contribution is -1.87. The van der Waals surface area contributed by atoms with Crippen molar-refractivity contribution in [3.63, 3.8) is 0 Å². The van der Waals surface area contributed by atoms with Crippen LogP contribution in [0.2, 0.25) is 0 Å². The minimum atomic E-state index is 0.787. The molecule has 0 N–H and O–H groups in total. The van der Waals surface area contributed by atoms with Crippen molar-refractivity contribution in [2.45, 2.75) is 66.7 Å². The van der Waals surface area contributed by atoms with E-state index in [9.17, 15) is 0 Å². The maximum atomic E-state index is 2.27. The van der Waals surface area contributed by atoms with Crippen LogP contribution in [0, 0.1) is 5.92 Å². The predicted molar refractivity (Wildman–Crippen MR) is 64.1 cm³/mol. The molecule has 80 valence electrons. The first-order valence-corrected chi connectivity index (χ1v) is 5.85. The number of hydrogen-bond donors (Lipinski definition) is 0. The van der Waals surface area contributed by atoms with Crippen LogP contribution < -0.4 is 0 Å². The molecule has 0 radical (unpaired) electrons. The van der Waals surface area contributed by atoms with Crippen LogP contribution in [0.5, 0.6) is 0 Å². The molecule has 0 fully saturated rings. The molecule has 0 spiro atoms. The van der Waals surface area contributed by atoms with Gasteiger partial charge in [-0.2, -0.15) is 0 Å². The van der Waals surface area contributed by atoms with Crippen LogP contribution in [-0.4, -0.2) is 0 Å². The summed E-state index contributed by atoms with van der Waals surface area (Å²) in [4.78, 5) is 0. The molecule has 0 heteroatoms. The lowest BCUT2D eigenvalue weighted by molar-refractivity contribution is 0.598.